The zero-order valence-corrected chi connectivity index (χ0v) is 15.9. The zero-order valence-electron chi connectivity index (χ0n) is 15.1. The van der Waals surface area contributed by atoms with E-state index in [1.807, 2.05) is 18.2 Å². The fraction of sp³-hybridized carbons (Fsp3) is 0.263. The molecule has 1 aromatic heterocycles. The van der Waals surface area contributed by atoms with Crippen LogP contribution in [-0.2, 0) is 4.79 Å². The number of nitro groups is 1. The number of nitrogens with one attached hydrogen (secondary N) is 2. The zero-order chi connectivity index (χ0) is 19.5. The van der Waals surface area contributed by atoms with E-state index in [1.54, 1.807) is 23.5 Å². The number of aromatic nitrogens is 1. The maximum Gasteiger partial charge on any atom is 0.279 e. The largest absolute Gasteiger partial charge is 0.337 e. The number of hydrogen-bond acceptors (Lipinski definition) is 6. The van der Waals surface area contributed by atoms with Crippen molar-refractivity contribution >= 4 is 44.0 Å². The molecule has 8 nitrogen and oxygen atoms in total. The lowest BCUT2D eigenvalue weighted by atomic mass is 10.2. The summed E-state index contributed by atoms with van der Waals surface area (Å²) in [6, 6.07) is 14.1. The normalized spacial score (nSPS) is 14.9. The molecule has 2 aromatic carbocycles. The van der Waals surface area contributed by atoms with Gasteiger partial charge in [0.2, 0.25) is 0 Å². The summed E-state index contributed by atoms with van der Waals surface area (Å²) in [4.78, 5) is 30.8. The topological polar surface area (TPSA) is 92.8 Å². The van der Waals surface area contributed by atoms with Crippen LogP contribution in [0.4, 0.5) is 16.5 Å². The average Bonchev–Trinajstić information content (AvgIpc) is 3.13. The Hall–Kier alpha value is -3.04. The SMILES string of the molecule is O=C(C[NH+]1CCN(c2nc3ccccc3s2)CC1)Nc1cccc([N+](=O)[O-])c1. The Labute approximate surface area is 165 Å². The Morgan fingerprint density at radius 3 is 2.75 bits per heavy atom. The fourth-order valence-electron chi connectivity index (χ4n) is 3.32. The Morgan fingerprint density at radius 1 is 1.21 bits per heavy atom. The van der Waals surface area contributed by atoms with Crippen molar-refractivity contribution in [2.75, 3.05) is 42.9 Å². The third kappa shape index (κ3) is 4.10. The Bertz CT molecular complexity index is 980. The van der Waals surface area contributed by atoms with E-state index >= 15 is 0 Å². The third-order valence-electron chi connectivity index (χ3n) is 4.77. The van der Waals surface area contributed by atoms with Crippen LogP contribution in [0.1, 0.15) is 0 Å². The predicted molar refractivity (Wildman–Crippen MR) is 109 cm³/mol. The van der Waals surface area contributed by atoms with Gasteiger partial charge < -0.3 is 15.1 Å². The maximum atomic E-state index is 12.3. The number of amides is 1. The van der Waals surface area contributed by atoms with E-state index in [0.29, 0.717) is 12.2 Å². The van der Waals surface area contributed by atoms with E-state index in [2.05, 4.69) is 16.3 Å². The molecule has 1 amide bonds. The van der Waals surface area contributed by atoms with Gasteiger partial charge in [0.05, 0.1) is 41.3 Å². The molecule has 3 aromatic rings. The first-order valence-corrected chi connectivity index (χ1v) is 9.88. The van der Waals surface area contributed by atoms with E-state index in [-0.39, 0.29) is 11.6 Å². The van der Waals surface area contributed by atoms with E-state index in [4.69, 9.17) is 4.98 Å². The molecule has 0 radical (unpaired) electrons. The van der Waals surface area contributed by atoms with Crippen LogP contribution in [0.25, 0.3) is 10.2 Å². The van der Waals surface area contributed by atoms with Crippen molar-refractivity contribution < 1.29 is 14.6 Å². The summed E-state index contributed by atoms with van der Waals surface area (Å²) in [6.07, 6.45) is 0. The summed E-state index contributed by atoms with van der Waals surface area (Å²) in [5.41, 5.74) is 1.44. The monoisotopic (exact) mass is 398 g/mol. The highest BCUT2D eigenvalue weighted by atomic mass is 32.1. The molecule has 144 valence electrons. The van der Waals surface area contributed by atoms with Gasteiger partial charge in [0.15, 0.2) is 11.7 Å². The van der Waals surface area contributed by atoms with Crippen molar-refractivity contribution in [2.24, 2.45) is 0 Å². The molecule has 0 unspecified atom stereocenters. The van der Waals surface area contributed by atoms with Crippen molar-refractivity contribution in [1.82, 2.24) is 4.98 Å². The summed E-state index contributed by atoms with van der Waals surface area (Å²) in [7, 11) is 0. The lowest BCUT2D eigenvalue weighted by Crippen LogP contribution is -3.15. The highest BCUT2D eigenvalue weighted by Gasteiger charge is 2.24. The number of quaternary nitrogens is 1. The van der Waals surface area contributed by atoms with Crippen molar-refractivity contribution in [2.45, 2.75) is 0 Å². The fourth-order valence-corrected chi connectivity index (χ4v) is 4.33. The molecule has 1 saturated heterocycles. The first-order valence-electron chi connectivity index (χ1n) is 9.07. The predicted octanol–water partition coefficient (Wildman–Crippen LogP) is 1.55. The number of rotatable bonds is 5. The van der Waals surface area contributed by atoms with E-state index in [0.717, 1.165) is 36.8 Å². The number of non-ortho nitro benzene ring substituents is 1. The van der Waals surface area contributed by atoms with E-state index in [9.17, 15) is 14.9 Å². The second-order valence-corrected chi connectivity index (χ2v) is 7.74. The van der Waals surface area contributed by atoms with Gasteiger partial charge in [-0.3, -0.25) is 14.9 Å². The summed E-state index contributed by atoms with van der Waals surface area (Å²) >= 11 is 1.70. The number of benzene rings is 2. The molecule has 28 heavy (non-hydrogen) atoms. The molecular weight excluding hydrogens is 378 g/mol. The van der Waals surface area contributed by atoms with Crippen molar-refractivity contribution in [1.29, 1.82) is 0 Å². The first-order chi connectivity index (χ1) is 13.6. The number of piperazine rings is 1. The minimum Gasteiger partial charge on any atom is -0.337 e. The molecule has 0 bridgehead atoms. The van der Waals surface area contributed by atoms with Gasteiger partial charge in [-0.1, -0.05) is 29.5 Å². The number of thiazole rings is 1. The molecule has 0 aliphatic carbocycles. The molecule has 0 atom stereocenters. The van der Waals surface area contributed by atoms with Crippen LogP contribution in [0.5, 0.6) is 0 Å². The molecule has 4 rings (SSSR count). The van der Waals surface area contributed by atoms with E-state index < -0.39 is 4.92 Å². The van der Waals surface area contributed by atoms with Crippen LogP contribution >= 0.6 is 11.3 Å². The van der Waals surface area contributed by atoms with Crippen molar-refractivity contribution in [3.8, 4) is 0 Å². The lowest BCUT2D eigenvalue weighted by Gasteiger charge is -2.31. The van der Waals surface area contributed by atoms with Gasteiger partial charge in [-0.15, -0.1) is 0 Å². The molecule has 1 fully saturated rings. The number of nitro benzene ring substituents is 1. The van der Waals surface area contributed by atoms with Crippen LogP contribution in [0, 0.1) is 10.1 Å². The minimum atomic E-state index is -0.470. The second-order valence-electron chi connectivity index (χ2n) is 6.73. The van der Waals surface area contributed by atoms with Crippen LogP contribution < -0.4 is 15.1 Å². The van der Waals surface area contributed by atoms with Gasteiger partial charge in [0.1, 0.15) is 0 Å². The summed E-state index contributed by atoms with van der Waals surface area (Å²) < 4.78 is 1.18. The maximum absolute atomic E-state index is 12.3. The van der Waals surface area contributed by atoms with Crippen LogP contribution in [0.3, 0.4) is 0 Å². The number of carbonyl (C=O) groups excluding carboxylic acids is 1. The average molecular weight is 398 g/mol. The van der Waals surface area contributed by atoms with Gasteiger partial charge in [-0.25, -0.2) is 4.98 Å². The number of carbonyl (C=O) groups is 1. The smallest absolute Gasteiger partial charge is 0.279 e. The quantitative estimate of drug-likeness (QED) is 0.503. The lowest BCUT2D eigenvalue weighted by molar-refractivity contribution is -0.892. The highest BCUT2D eigenvalue weighted by Crippen LogP contribution is 2.28. The molecule has 0 spiro atoms. The number of anilines is 2. The third-order valence-corrected chi connectivity index (χ3v) is 5.87. The Balaban J connectivity index is 1.31. The van der Waals surface area contributed by atoms with Gasteiger partial charge in [-0.2, -0.15) is 0 Å². The van der Waals surface area contributed by atoms with Gasteiger partial charge >= 0.3 is 0 Å². The highest BCUT2D eigenvalue weighted by molar-refractivity contribution is 7.22. The van der Waals surface area contributed by atoms with Gasteiger partial charge in [0.25, 0.3) is 11.6 Å². The van der Waals surface area contributed by atoms with Crippen LogP contribution in [0.15, 0.2) is 48.5 Å². The number of fused-ring (bicyclic) bond motifs is 1. The molecular formula is C19H20N5O3S+. The number of hydrogen-bond donors (Lipinski definition) is 2. The minimum absolute atomic E-state index is 0.0328. The van der Waals surface area contributed by atoms with Crippen LogP contribution in [-0.4, -0.2) is 48.5 Å². The van der Waals surface area contributed by atoms with Crippen molar-refractivity contribution in [3.63, 3.8) is 0 Å². The van der Waals surface area contributed by atoms with Crippen molar-refractivity contribution in [3.05, 3.63) is 58.6 Å². The van der Waals surface area contributed by atoms with Gasteiger partial charge in [-0.05, 0) is 18.2 Å². The molecule has 2 N–H and O–H groups in total. The van der Waals surface area contributed by atoms with E-state index in [1.165, 1.54) is 21.7 Å². The summed E-state index contributed by atoms with van der Waals surface area (Å²) in [5, 5.41) is 14.6. The van der Waals surface area contributed by atoms with Gasteiger partial charge in [0, 0.05) is 17.8 Å². The molecule has 1 aliphatic heterocycles. The Morgan fingerprint density at radius 2 is 2.00 bits per heavy atom. The number of nitrogens with zero attached hydrogens (tertiary/aromatic N) is 3. The standard InChI is InChI=1S/C19H19N5O3S/c25-18(20-14-4-3-5-15(12-14)24(26)27)13-22-8-10-23(11-9-22)19-21-16-6-1-2-7-17(16)28-19/h1-7,12H,8-11,13H2,(H,20,25)/p+1. The Kier molecular flexibility index (Phi) is 5.18. The number of para-hydroxylation sites is 1. The molecule has 0 saturated carbocycles. The van der Waals surface area contributed by atoms with Crippen LogP contribution in [0.2, 0.25) is 0 Å². The molecule has 9 heteroatoms. The second kappa shape index (κ2) is 7.91. The summed E-state index contributed by atoms with van der Waals surface area (Å²) in [6.45, 7) is 3.73. The molecule has 1 aliphatic rings. The molecule has 2 heterocycles. The first kappa shape index (κ1) is 18.3. The summed E-state index contributed by atoms with van der Waals surface area (Å²) in [5.74, 6) is -0.135.